The van der Waals surface area contributed by atoms with Crippen LogP contribution in [0.2, 0.25) is 0 Å². The molecule has 0 fully saturated rings. The molecule has 1 aromatic rings. The minimum absolute atomic E-state index is 0.213. The molecule has 1 aliphatic carbocycles. The molecule has 0 heterocycles. The first-order valence-electron chi connectivity index (χ1n) is 5.55. The Labute approximate surface area is 100 Å². The van der Waals surface area contributed by atoms with Crippen molar-refractivity contribution in [3.05, 3.63) is 41.5 Å². The molecule has 17 heavy (non-hydrogen) atoms. The van der Waals surface area contributed by atoms with Crippen molar-refractivity contribution in [3.63, 3.8) is 0 Å². The van der Waals surface area contributed by atoms with Crippen LogP contribution < -0.4 is 11.2 Å². The van der Waals surface area contributed by atoms with Crippen molar-refractivity contribution < 1.29 is 4.79 Å². The number of hydrazone groups is 1. The molecule has 0 aromatic heterocycles. The third-order valence-electron chi connectivity index (χ3n) is 2.66. The van der Waals surface area contributed by atoms with Crippen molar-refractivity contribution in [2.24, 2.45) is 5.10 Å². The monoisotopic (exact) mass is 229 g/mol. The van der Waals surface area contributed by atoms with Gasteiger partial charge in [0.05, 0.1) is 5.71 Å². The van der Waals surface area contributed by atoms with Crippen molar-refractivity contribution in [1.29, 1.82) is 0 Å². The molecular formula is C13H15N3O. The number of allylic oxidation sites excluding steroid dienone is 2. The summed E-state index contributed by atoms with van der Waals surface area (Å²) < 4.78 is 0. The number of nitrogens with zero attached hydrogens (tertiary/aromatic N) is 1. The van der Waals surface area contributed by atoms with E-state index in [0.717, 1.165) is 18.6 Å². The van der Waals surface area contributed by atoms with E-state index in [9.17, 15) is 4.79 Å². The SMILES string of the molecule is CC1=C/C(=N\NC(=O)c2ccc(N)cc2)CC1. The Hall–Kier alpha value is -2.10. The lowest BCUT2D eigenvalue weighted by atomic mass is 10.2. The highest BCUT2D eigenvalue weighted by atomic mass is 16.2. The number of nitrogen functional groups attached to an aromatic ring is 1. The summed E-state index contributed by atoms with van der Waals surface area (Å²) in [6.07, 6.45) is 3.92. The van der Waals surface area contributed by atoms with E-state index in [4.69, 9.17) is 5.73 Å². The molecule has 2 rings (SSSR count). The molecule has 4 heteroatoms. The number of amides is 1. The van der Waals surface area contributed by atoms with Gasteiger partial charge in [-0.25, -0.2) is 5.43 Å². The highest BCUT2D eigenvalue weighted by Gasteiger charge is 2.08. The number of benzene rings is 1. The van der Waals surface area contributed by atoms with Gasteiger partial charge in [-0.1, -0.05) is 5.57 Å². The molecule has 0 saturated carbocycles. The summed E-state index contributed by atoms with van der Waals surface area (Å²) in [5.41, 5.74) is 11.5. The lowest BCUT2D eigenvalue weighted by Crippen LogP contribution is -2.18. The zero-order valence-electron chi connectivity index (χ0n) is 9.73. The van der Waals surface area contributed by atoms with Gasteiger partial charge in [-0.2, -0.15) is 5.10 Å². The number of nitrogens with one attached hydrogen (secondary N) is 1. The minimum atomic E-state index is -0.213. The van der Waals surface area contributed by atoms with Crippen molar-refractivity contribution in [1.82, 2.24) is 5.43 Å². The van der Waals surface area contributed by atoms with Gasteiger partial charge >= 0.3 is 0 Å². The Kier molecular flexibility index (Phi) is 3.23. The van der Waals surface area contributed by atoms with Gasteiger partial charge in [-0.3, -0.25) is 4.79 Å². The Balaban J connectivity index is 2.00. The Morgan fingerprint density at radius 2 is 2.00 bits per heavy atom. The van der Waals surface area contributed by atoms with Gasteiger partial charge in [-0.15, -0.1) is 0 Å². The topological polar surface area (TPSA) is 67.5 Å². The molecule has 1 amide bonds. The van der Waals surface area contributed by atoms with Gasteiger partial charge in [-0.05, 0) is 50.1 Å². The molecule has 1 aromatic carbocycles. The Morgan fingerprint density at radius 1 is 1.29 bits per heavy atom. The predicted molar refractivity (Wildman–Crippen MR) is 68.7 cm³/mol. The molecule has 0 aliphatic heterocycles. The molecule has 0 saturated heterocycles. The van der Waals surface area contributed by atoms with E-state index in [1.54, 1.807) is 24.3 Å². The molecule has 0 atom stereocenters. The van der Waals surface area contributed by atoms with E-state index in [-0.39, 0.29) is 5.91 Å². The maximum Gasteiger partial charge on any atom is 0.271 e. The van der Waals surface area contributed by atoms with E-state index in [1.165, 1.54) is 5.57 Å². The highest BCUT2D eigenvalue weighted by Crippen LogP contribution is 2.14. The van der Waals surface area contributed by atoms with Crippen molar-refractivity contribution >= 4 is 17.3 Å². The summed E-state index contributed by atoms with van der Waals surface area (Å²) in [7, 11) is 0. The number of rotatable bonds is 2. The number of hydrogen-bond donors (Lipinski definition) is 2. The fourth-order valence-electron chi connectivity index (χ4n) is 1.66. The van der Waals surface area contributed by atoms with E-state index < -0.39 is 0 Å². The molecule has 1 aliphatic rings. The van der Waals surface area contributed by atoms with E-state index in [2.05, 4.69) is 17.5 Å². The molecule has 88 valence electrons. The third-order valence-corrected chi connectivity index (χ3v) is 2.66. The van der Waals surface area contributed by atoms with E-state index in [0.29, 0.717) is 11.3 Å². The second kappa shape index (κ2) is 4.82. The second-order valence-corrected chi connectivity index (χ2v) is 4.16. The van der Waals surface area contributed by atoms with Crippen LogP contribution in [0, 0.1) is 0 Å². The third kappa shape index (κ3) is 2.93. The standard InChI is InChI=1S/C13H15N3O/c1-9-2-7-12(8-9)15-16-13(17)10-3-5-11(14)6-4-10/h3-6,8H,2,7,14H2,1H3,(H,16,17)/b15-12-. The second-order valence-electron chi connectivity index (χ2n) is 4.16. The summed E-state index contributed by atoms with van der Waals surface area (Å²) >= 11 is 0. The zero-order chi connectivity index (χ0) is 12.3. The van der Waals surface area contributed by atoms with Crippen LogP contribution in [0.1, 0.15) is 30.1 Å². The number of carbonyl (C=O) groups excluding carboxylic acids is 1. The summed E-state index contributed by atoms with van der Waals surface area (Å²) in [5.74, 6) is -0.213. The first-order chi connectivity index (χ1) is 8.15. The number of hydrogen-bond acceptors (Lipinski definition) is 3. The first-order valence-corrected chi connectivity index (χ1v) is 5.55. The lowest BCUT2D eigenvalue weighted by molar-refractivity contribution is 0.0955. The zero-order valence-corrected chi connectivity index (χ0v) is 9.73. The van der Waals surface area contributed by atoms with Crippen LogP contribution in [0.4, 0.5) is 5.69 Å². The first kappa shape index (κ1) is 11.4. The lowest BCUT2D eigenvalue weighted by Gasteiger charge is -2.01. The molecule has 4 nitrogen and oxygen atoms in total. The van der Waals surface area contributed by atoms with Crippen LogP contribution >= 0.6 is 0 Å². The highest BCUT2D eigenvalue weighted by molar-refractivity contribution is 6.00. The molecule has 0 bridgehead atoms. The van der Waals surface area contributed by atoms with Crippen LogP contribution in [-0.2, 0) is 0 Å². The van der Waals surface area contributed by atoms with Crippen LogP contribution in [-0.4, -0.2) is 11.6 Å². The fourth-order valence-corrected chi connectivity index (χ4v) is 1.66. The number of nitrogens with two attached hydrogens (primary N) is 1. The van der Waals surface area contributed by atoms with Crippen LogP contribution in [0.15, 0.2) is 41.0 Å². The Bertz CT molecular complexity index is 486. The smallest absolute Gasteiger partial charge is 0.271 e. The van der Waals surface area contributed by atoms with E-state index >= 15 is 0 Å². The van der Waals surface area contributed by atoms with Gasteiger partial charge in [0.15, 0.2) is 0 Å². The van der Waals surface area contributed by atoms with Crippen LogP contribution in [0.3, 0.4) is 0 Å². The summed E-state index contributed by atoms with van der Waals surface area (Å²) in [6, 6.07) is 6.75. The molecular weight excluding hydrogens is 214 g/mol. The van der Waals surface area contributed by atoms with Gasteiger partial charge < -0.3 is 5.73 Å². The summed E-state index contributed by atoms with van der Waals surface area (Å²) in [5, 5.41) is 4.08. The normalized spacial score (nSPS) is 17.0. The van der Waals surface area contributed by atoms with Crippen LogP contribution in [0.25, 0.3) is 0 Å². The van der Waals surface area contributed by atoms with Gasteiger partial charge in [0.1, 0.15) is 0 Å². The molecule has 3 N–H and O–H groups in total. The quantitative estimate of drug-likeness (QED) is 0.602. The fraction of sp³-hybridized carbons (Fsp3) is 0.231. The largest absolute Gasteiger partial charge is 0.399 e. The van der Waals surface area contributed by atoms with Gasteiger partial charge in [0.25, 0.3) is 5.91 Å². The maximum atomic E-state index is 11.7. The van der Waals surface area contributed by atoms with Crippen molar-refractivity contribution in [2.45, 2.75) is 19.8 Å². The average molecular weight is 229 g/mol. The van der Waals surface area contributed by atoms with Crippen molar-refractivity contribution in [2.75, 3.05) is 5.73 Å². The summed E-state index contributed by atoms with van der Waals surface area (Å²) in [6.45, 7) is 2.06. The average Bonchev–Trinajstić information content (AvgIpc) is 2.73. The van der Waals surface area contributed by atoms with E-state index in [1.807, 2.05) is 6.08 Å². The maximum absolute atomic E-state index is 11.7. The Morgan fingerprint density at radius 3 is 2.59 bits per heavy atom. The molecule has 0 unspecified atom stereocenters. The van der Waals surface area contributed by atoms with Gasteiger partial charge in [0.2, 0.25) is 0 Å². The molecule has 0 spiro atoms. The number of carbonyl (C=O) groups is 1. The predicted octanol–water partition coefficient (Wildman–Crippen LogP) is 2.09. The number of anilines is 1. The minimum Gasteiger partial charge on any atom is -0.399 e. The molecule has 0 radical (unpaired) electrons. The van der Waals surface area contributed by atoms with Gasteiger partial charge in [0, 0.05) is 11.3 Å². The van der Waals surface area contributed by atoms with Crippen molar-refractivity contribution in [3.8, 4) is 0 Å². The summed E-state index contributed by atoms with van der Waals surface area (Å²) in [4.78, 5) is 11.7. The van der Waals surface area contributed by atoms with Crippen LogP contribution in [0.5, 0.6) is 0 Å².